The molecule has 5 nitrogen and oxygen atoms in total. The number of carbonyl (C=O) groups excluding carboxylic acids is 1. The number of halogens is 2. The molecule has 1 N–H and O–H groups in total. The molecule has 1 aromatic rings. The molecule has 0 saturated carbocycles. The normalized spacial score (nSPS) is 21.5. The van der Waals surface area contributed by atoms with E-state index in [0.29, 0.717) is 13.2 Å². The molecule has 2 saturated heterocycles. The third-order valence-electron chi connectivity index (χ3n) is 4.56. The Labute approximate surface area is 156 Å². The molecule has 1 aromatic carbocycles. The molecule has 7 heteroatoms. The van der Waals surface area contributed by atoms with Gasteiger partial charge in [0, 0.05) is 39.3 Å². The molecule has 2 heterocycles. The number of piperazine rings is 1. The van der Waals surface area contributed by atoms with Gasteiger partial charge in [-0.05, 0) is 18.1 Å². The molecule has 1 amide bonds. The Bertz CT molecular complexity index is 516. The summed E-state index contributed by atoms with van der Waals surface area (Å²) in [5.74, 6) is 0.190. The van der Waals surface area contributed by atoms with E-state index in [0.717, 1.165) is 39.3 Å². The molecule has 1 atom stereocenters. The lowest BCUT2D eigenvalue weighted by atomic mass is 10.1. The zero-order valence-electron chi connectivity index (χ0n) is 14.1. The molecule has 0 aromatic heterocycles. The van der Waals surface area contributed by atoms with E-state index in [1.165, 1.54) is 11.1 Å². The predicted molar refractivity (Wildman–Crippen MR) is 100 cm³/mol. The molecule has 2 fully saturated rings. The molecule has 2 aliphatic heterocycles. The minimum absolute atomic E-state index is 0. The molecule has 0 spiro atoms. The first-order valence-corrected chi connectivity index (χ1v) is 8.11. The number of carbonyl (C=O) groups is 1. The van der Waals surface area contributed by atoms with Crippen LogP contribution >= 0.6 is 24.8 Å². The minimum atomic E-state index is -0.156. The largest absolute Gasteiger partial charge is 0.378 e. The summed E-state index contributed by atoms with van der Waals surface area (Å²) in [6.07, 6.45) is 0. The molecule has 0 bridgehead atoms. The molecule has 3 rings (SSSR count). The van der Waals surface area contributed by atoms with E-state index in [-0.39, 0.29) is 36.8 Å². The SMILES string of the molecule is Cc1ccccc1CN1CCN(C(=O)C2COCCN2)CC1.Cl.Cl. The van der Waals surface area contributed by atoms with E-state index in [4.69, 9.17) is 4.74 Å². The number of aryl methyl sites for hydroxylation is 1. The van der Waals surface area contributed by atoms with Gasteiger partial charge in [0.15, 0.2) is 0 Å². The van der Waals surface area contributed by atoms with Gasteiger partial charge in [-0.25, -0.2) is 0 Å². The number of hydrogen-bond acceptors (Lipinski definition) is 4. The highest BCUT2D eigenvalue weighted by molar-refractivity contribution is 5.85. The van der Waals surface area contributed by atoms with E-state index in [1.807, 2.05) is 4.90 Å². The van der Waals surface area contributed by atoms with Crippen molar-refractivity contribution in [1.82, 2.24) is 15.1 Å². The fraction of sp³-hybridized carbons (Fsp3) is 0.588. The van der Waals surface area contributed by atoms with E-state index < -0.39 is 0 Å². The van der Waals surface area contributed by atoms with Crippen molar-refractivity contribution in [2.75, 3.05) is 45.9 Å². The summed E-state index contributed by atoms with van der Waals surface area (Å²) < 4.78 is 5.39. The zero-order valence-corrected chi connectivity index (χ0v) is 15.7. The Kier molecular flexibility index (Phi) is 9.02. The maximum atomic E-state index is 12.4. The average Bonchev–Trinajstić information content (AvgIpc) is 2.58. The van der Waals surface area contributed by atoms with Crippen LogP contribution in [0.15, 0.2) is 24.3 Å². The maximum absolute atomic E-state index is 12.4. The number of ether oxygens (including phenoxy) is 1. The summed E-state index contributed by atoms with van der Waals surface area (Å²) in [5.41, 5.74) is 2.72. The van der Waals surface area contributed by atoms with Gasteiger partial charge in [0.25, 0.3) is 0 Å². The number of nitrogens with one attached hydrogen (secondary N) is 1. The molecular formula is C17H27Cl2N3O2. The van der Waals surface area contributed by atoms with Crippen molar-refractivity contribution < 1.29 is 9.53 Å². The number of benzene rings is 1. The third-order valence-corrected chi connectivity index (χ3v) is 4.56. The topological polar surface area (TPSA) is 44.8 Å². The quantitative estimate of drug-likeness (QED) is 0.868. The number of nitrogens with zero attached hydrogens (tertiary/aromatic N) is 2. The van der Waals surface area contributed by atoms with Crippen LogP contribution in [-0.2, 0) is 16.1 Å². The van der Waals surface area contributed by atoms with Crippen LogP contribution < -0.4 is 5.32 Å². The van der Waals surface area contributed by atoms with Gasteiger partial charge in [-0.3, -0.25) is 9.69 Å². The summed E-state index contributed by atoms with van der Waals surface area (Å²) in [6.45, 7) is 8.59. The lowest BCUT2D eigenvalue weighted by Gasteiger charge is -2.37. The first-order valence-electron chi connectivity index (χ1n) is 8.11. The Morgan fingerprint density at radius 1 is 1.21 bits per heavy atom. The molecule has 24 heavy (non-hydrogen) atoms. The van der Waals surface area contributed by atoms with E-state index >= 15 is 0 Å². The molecule has 136 valence electrons. The summed E-state index contributed by atoms with van der Waals surface area (Å²) in [7, 11) is 0. The van der Waals surface area contributed by atoms with Crippen molar-refractivity contribution in [2.45, 2.75) is 19.5 Å². The number of rotatable bonds is 3. The van der Waals surface area contributed by atoms with Gasteiger partial charge < -0.3 is 15.0 Å². The van der Waals surface area contributed by atoms with Gasteiger partial charge in [0.2, 0.25) is 5.91 Å². The van der Waals surface area contributed by atoms with Gasteiger partial charge in [-0.2, -0.15) is 0 Å². The highest BCUT2D eigenvalue weighted by atomic mass is 35.5. The Balaban J connectivity index is 0.00000144. The van der Waals surface area contributed by atoms with E-state index in [2.05, 4.69) is 41.4 Å². The summed E-state index contributed by atoms with van der Waals surface area (Å²) in [5, 5.41) is 3.24. The Hall–Kier alpha value is -0.850. The molecular weight excluding hydrogens is 349 g/mol. The molecule has 0 radical (unpaired) electrons. The second-order valence-electron chi connectivity index (χ2n) is 6.11. The second kappa shape index (κ2) is 10.2. The smallest absolute Gasteiger partial charge is 0.242 e. The van der Waals surface area contributed by atoms with Crippen molar-refractivity contribution in [3.8, 4) is 0 Å². The van der Waals surface area contributed by atoms with Crippen LogP contribution in [0, 0.1) is 6.92 Å². The average molecular weight is 376 g/mol. The van der Waals surface area contributed by atoms with Gasteiger partial charge in [-0.15, -0.1) is 24.8 Å². The van der Waals surface area contributed by atoms with Crippen molar-refractivity contribution in [2.24, 2.45) is 0 Å². The summed E-state index contributed by atoms with van der Waals surface area (Å²) in [4.78, 5) is 16.8. The number of morpholine rings is 1. The van der Waals surface area contributed by atoms with Gasteiger partial charge in [-0.1, -0.05) is 24.3 Å². The fourth-order valence-electron chi connectivity index (χ4n) is 3.10. The third kappa shape index (κ3) is 5.33. The van der Waals surface area contributed by atoms with Crippen LogP contribution in [0.5, 0.6) is 0 Å². The minimum Gasteiger partial charge on any atom is -0.378 e. The van der Waals surface area contributed by atoms with Crippen molar-refractivity contribution in [3.05, 3.63) is 35.4 Å². The monoisotopic (exact) mass is 375 g/mol. The van der Waals surface area contributed by atoms with E-state index in [9.17, 15) is 4.79 Å². The van der Waals surface area contributed by atoms with Gasteiger partial charge in [0.05, 0.1) is 13.2 Å². The Morgan fingerprint density at radius 3 is 2.54 bits per heavy atom. The van der Waals surface area contributed by atoms with Crippen LogP contribution in [0.25, 0.3) is 0 Å². The molecule has 1 unspecified atom stereocenters. The van der Waals surface area contributed by atoms with Gasteiger partial charge in [0.1, 0.15) is 6.04 Å². The van der Waals surface area contributed by atoms with Crippen LogP contribution in [-0.4, -0.2) is 67.7 Å². The standard InChI is InChI=1S/C17H25N3O2.2ClH/c1-14-4-2-3-5-15(14)12-19-7-9-20(10-8-19)17(21)16-13-22-11-6-18-16;;/h2-5,16,18H,6-13H2,1H3;2*1H. The lowest BCUT2D eigenvalue weighted by Crippen LogP contribution is -2.57. The van der Waals surface area contributed by atoms with Crippen molar-refractivity contribution in [3.63, 3.8) is 0 Å². The summed E-state index contributed by atoms with van der Waals surface area (Å²) >= 11 is 0. The molecule has 2 aliphatic rings. The van der Waals surface area contributed by atoms with Crippen molar-refractivity contribution in [1.29, 1.82) is 0 Å². The van der Waals surface area contributed by atoms with E-state index in [1.54, 1.807) is 0 Å². The fourth-order valence-corrected chi connectivity index (χ4v) is 3.10. The van der Waals surface area contributed by atoms with Crippen LogP contribution in [0.4, 0.5) is 0 Å². The van der Waals surface area contributed by atoms with Crippen LogP contribution in [0.2, 0.25) is 0 Å². The highest BCUT2D eigenvalue weighted by Crippen LogP contribution is 2.13. The van der Waals surface area contributed by atoms with Gasteiger partial charge >= 0.3 is 0 Å². The first-order chi connectivity index (χ1) is 10.7. The Morgan fingerprint density at radius 2 is 1.92 bits per heavy atom. The van der Waals surface area contributed by atoms with Crippen LogP contribution in [0.1, 0.15) is 11.1 Å². The first kappa shape index (κ1) is 21.2. The van der Waals surface area contributed by atoms with Crippen LogP contribution in [0.3, 0.4) is 0 Å². The highest BCUT2D eigenvalue weighted by Gasteiger charge is 2.28. The maximum Gasteiger partial charge on any atom is 0.242 e. The predicted octanol–water partition coefficient (Wildman–Crippen LogP) is 1.47. The second-order valence-corrected chi connectivity index (χ2v) is 6.11. The van der Waals surface area contributed by atoms with Crippen molar-refractivity contribution >= 4 is 30.7 Å². The lowest BCUT2D eigenvalue weighted by molar-refractivity contribution is -0.138. The zero-order chi connectivity index (χ0) is 15.4. The molecule has 0 aliphatic carbocycles. The number of amides is 1. The summed E-state index contributed by atoms with van der Waals surface area (Å²) in [6, 6.07) is 8.36. The number of hydrogen-bond donors (Lipinski definition) is 1.